The number of aliphatic hydroxyl groups excluding tert-OH is 8. The van der Waals surface area contributed by atoms with Crippen LogP contribution in [0.15, 0.2) is 0 Å². The van der Waals surface area contributed by atoms with E-state index in [0.29, 0.717) is 12.8 Å². The first-order valence-corrected chi connectivity index (χ1v) is 37.8. The summed E-state index contributed by atoms with van der Waals surface area (Å²) in [6.45, 7) is 2.93. The van der Waals surface area contributed by atoms with Gasteiger partial charge in [-0.15, -0.1) is 0 Å². The van der Waals surface area contributed by atoms with Gasteiger partial charge in [-0.2, -0.15) is 0 Å². The number of carbonyl (C=O) groups excluding carboxylic acids is 1. The summed E-state index contributed by atoms with van der Waals surface area (Å²) in [7, 11) is 0. The SMILES string of the molecule is CCCCCCCCCCCCCCCCCCCCCCCCCCCCCCCCCCCCCCC(=O)N[C@@H](CO[C@@H]1O[C@H](CO)[C@@H](O[C@@H]2O[C@H](CO)[C@H](O)C(O)C2O)C(O)C1O)[C@H](O)CCCCCCCCCCCCCCCCCCC. The summed E-state index contributed by atoms with van der Waals surface area (Å²) in [5, 5.41) is 87.6. The second-order valence-corrected chi connectivity index (χ2v) is 27.1. The molecule has 518 valence electrons. The highest BCUT2D eigenvalue weighted by Gasteiger charge is 2.51. The maximum atomic E-state index is 13.4. The molecule has 0 aliphatic carbocycles. The van der Waals surface area contributed by atoms with Crippen LogP contribution < -0.4 is 5.32 Å². The van der Waals surface area contributed by atoms with Crippen molar-refractivity contribution in [3.05, 3.63) is 0 Å². The number of amides is 1. The number of hydrogen-bond acceptors (Lipinski definition) is 13. The van der Waals surface area contributed by atoms with Crippen LogP contribution in [0.3, 0.4) is 0 Å². The molecule has 2 saturated heterocycles. The van der Waals surface area contributed by atoms with E-state index < -0.39 is 86.8 Å². The molecule has 2 aliphatic heterocycles. The average Bonchev–Trinajstić information content (AvgIpc) is 2.84. The Kier molecular flexibility index (Phi) is 55.5. The van der Waals surface area contributed by atoms with Crippen molar-refractivity contribution in [2.24, 2.45) is 0 Å². The third-order valence-electron chi connectivity index (χ3n) is 19.1. The van der Waals surface area contributed by atoms with Crippen molar-refractivity contribution < 1.29 is 64.6 Å². The zero-order chi connectivity index (χ0) is 63.1. The Hall–Kier alpha value is -1.01. The van der Waals surface area contributed by atoms with Crippen LogP contribution >= 0.6 is 0 Å². The number of ether oxygens (including phenoxy) is 4. The Balaban J connectivity index is 1.57. The topological polar surface area (TPSA) is 228 Å². The molecule has 2 heterocycles. The van der Waals surface area contributed by atoms with E-state index >= 15 is 0 Å². The van der Waals surface area contributed by atoms with Gasteiger partial charge in [0.05, 0.1) is 32.0 Å². The van der Waals surface area contributed by atoms with Crippen molar-refractivity contribution in [2.75, 3.05) is 19.8 Å². The summed E-state index contributed by atoms with van der Waals surface area (Å²) < 4.78 is 22.9. The molecule has 87 heavy (non-hydrogen) atoms. The van der Waals surface area contributed by atoms with E-state index in [0.717, 1.165) is 51.4 Å². The maximum absolute atomic E-state index is 13.4. The molecule has 14 nitrogen and oxygen atoms in total. The summed E-state index contributed by atoms with van der Waals surface area (Å²) in [6, 6.07) is -0.824. The first-order valence-electron chi connectivity index (χ1n) is 37.8. The summed E-state index contributed by atoms with van der Waals surface area (Å²) in [5.74, 6) is -0.197. The number of unbranched alkanes of at least 4 members (excludes halogenated alkanes) is 51. The van der Waals surface area contributed by atoms with Crippen molar-refractivity contribution in [2.45, 2.75) is 441 Å². The highest BCUT2D eigenvalue weighted by Crippen LogP contribution is 2.30. The van der Waals surface area contributed by atoms with E-state index in [9.17, 15) is 45.6 Å². The number of nitrogens with one attached hydrogen (secondary N) is 1. The monoisotopic (exact) mass is 1240 g/mol. The molecule has 0 saturated carbocycles. The lowest BCUT2D eigenvalue weighted by Crippen LogP contribution is -2.65. The van der Waals surface area contributed by atoms with Gasteiger partial charge in [0.1, 0.15) is 48.8 Å². The minimum atomic E-state index is -1.78. The Labute approximate surface area is 534 Å². The molecule has 0 aromatic heterocycles. The largest absolute Gasteiger partial charge is 0.394 e. The zero-order valence-electron chi connectivity index (χ0n) is 56.6. The van der Waals surface area contributed by atoms with E-state index in [1.165, 1.54) is 289 Å². The molecule has 1 amide bonds. The molecule has 2 rings (SSSR count). The van der Waals surface area contributed by atoms with Crippen LogP contribution in [0.4, 0.5) is 0 Å². The maximum Gasteiger partial charge on any atom is 0.220 e. The lowest BCUT2D eigenvalue weighted by molar-refractivity contribution is -0.359. The van der Waals surface area contributed by atoms with Gasteiger partial charge < -0.3 is 65.1 Å². The second kappa shape index (κ2) is 58.8. The summed E-state index contributed by atoms with van der Waals surface area (Å²) in [6.07, 6.45) is 54.4. The third kappa shape index (κ3) is 42.8. The molecule has 0 radical (unpaired) electrons. The fourth-order valence-corrected chi connectivity index (χ4v) is 13.1. The molecule has 0 spiro atoms. The third-order valence-corrected chi connectivity index (χ3v) is 19.1. The standard InChI is InChI=1S/C73H143NO13/c1-3-5-7-9-11-13-15-17-19-21-22-23-24-25-26-27-28-29-30-31-32-33-34-35-36-37-38-39-41-43-45-47-49-51-53-55-57-65(78)74-61(62(77)56-54-52-50-48-46-44-42-40-20-18-16-14-12-10-8-6-4-2)60-84-72-70(83)68(81)71(64(59-76)86-72)87-73-69(82)67(80)66(79)63(58-75)85-73/h61-64,66-73,75-77,79-83H,3-60H2,1-2H3,(H,74,78)/t61-,62+,63+,64+,66-,67?,68?,69?,70?,71+,72+,73-/m0/s1. The van der Waals surface area contributed by atoms with E-state index in [2.05, 4.69) is 19.2 Å². The lowest BCUT2D eigenvalue weighted by Gasteiger charge is -2.46. The molecule has 12 atom stereocenters. The quantitative estimate of drug-likeness (QED) is 0.0259. The molecule has 0 aromatic rings. The van der Waals surface area contributed by atoms with Crippen LogP contribution in [-0.2, 0) is 23.7 Å². The average molecular weight is 1240 g/mol. The molecular weight excluding hydrogens is 1100 g/mol. The van der Waals surface area contributed by atoms with Gasteiger partial charge in [-0.3, -0.25) is 4.79 Å². The fourth-order valence-electron chi connectivity index (χ4n) is 13.1. The number of rotatable bonds is 64. The van der Waals surface area contributed by atoms with Crippen molar-refractivity contribution in [3.63, 3.8) is 0 Å². The molecule has 14 heteroatoms. The van der Waals surface area contributed by atoms with Gasteiger partial charge in [0, 0.05) is 6.42 Å². The molecule has 2 fully saturated rings. The minimum absolute atomic E-state index is 0.197. The minimum Gasteiger partial charge on any atom is -0.394 e. The van der Waals surface area contributed by atoms with E-state index in [1.807, 2.05) is 0 Å². The van der Waals surface area contributed by atoms with Crippen LogP contribution in [-0.4, -0.2) is 140 Å². The molecule has 2 aliphatic rings. The lowest BCUT2D eigenvalue weighted by atomic mass is 9.97. The molecule has 0 bridgehead atoms. The van der Waals surface area contributed by atoms with E-state index in [4.69, 9.17) is 18.9 Å². The summed E-state index contributed by atoms with van der Waals surface area (Å²) in [5.41, 5.74) is 0. The predicted octanol–water partition coefficient (Wildman–Crippen LogP) is 16.0. The zero-order valence-corrected chi connectivity index (χ0v) is 56.6. The Morgan fingerprint density at radius 3 is 0.977 bits per heavy atom. The van der Waals surface area contributed by atoms with Crippen molar-refractivity contribution >= 4 is 5.91 Å². The fraction of sp³-hybridized carbons (Fsp3) is 0.986. The molecular formula is C73H143NO13. The summed E-state index contributed by atoms with van der Waals surface area (Å²) in [4.78, 5) is 13.4. The van der Waals surface area contributed by atoms with Gasteiger partial charge >= 0.3 is 0 Å². The van der Waals surface area contributed by atoms with Crippen LogP contribution in [0, 0.1) is 0 Å². The van der Waals surface area contributed by atoms with Crippen LogP contribution in [0.2, 0.25) is 0 Å². The van der Waals surface area contributed by atoms with Gasteiger partial charge in [0.15, 0.2) is 12.6 Å². The first kappa shape index (κ1) is 82.1. The number of carbonyl (C=O) groups is 1. The molecule has 4 unspecified atom stereocenters. The van der Waals surface area contributed by atoms with Crippen molar-refractivity contribution in [1.29, 1.82) is 0 Å². The molecule has 0 aromatic carbocycles. The van der Waals surface area contributed by atoms with Gasteiger partial charge in [0.2, 0.25) is 5.91 Å². The van der Waals surface area contributed by atoms with Crippen LogP contribution in [0.25, 0.3) is 0 Å². The van der Waals surface area contributed by atoms with Crippen molar-refractivity contribution in [1.82, 2.24) is 5.32 Å². The van der Waals surface area contributed by atoms with Gasteiger partial charge in [-0.05, 0) is 12.8 Å². The smallest absolute Gasteiger partial charge is 0.220 e. The number of aliphatic hydroxyl groups is 8. The molecule has 9 N–H and O–H groups in total. The normalized spacial score (nSPS) is 23.1. The van der Waals surface area contributed by atoms with Gasteiger partial charge in [0.25, 0.3) is 0 Å². The van der Waals surface area contributed by atoms with E-state index in [1.54, 1.807) is 0 Å². The van der Waals surface area contributed by atoms with Crippen LogP contribution in [0.5, 0.6) is 0 Å². The van der Waals surface area contributed by atoms with Crippen molar-refractivity contribution in [3.8, 4) is 0 Å². The Morgan fingerprint density at radius 2 is 0.655 bits per heavy atom. The predicted molar refractivity (Wildman–Crippen MR) is 356 cm³/mol. The number of hydrogen-bond donors (Lipinski definition) is 9. The van der Waals surface area contributed by atoms with Gasteiger partial charge in [-0.25, -0.2) is 0 Å². The van der Waals surface area contributed by atoms with E-state index in [-0.39, 0.29) is 12.5 Å². The first-order chi connectivity index (χ1) is 42.6. The highest BCUT2D eigenvalue weighted by molar-refractivity contribution is 5.76. The Bertz CT molecular complexity index is 1460. The Morgan fingerprint density at radius 1 is 0.368 bits per heavy atom. The van der Waals surface area contributed by atoms with Crippen LogP contribution in [0.1, 0.15) is 367 Å². The second-order valence-electron chi connectivity index (χ2n) is 27.1. The highest BCUT2D eigenvalue weighted by atomic mass is 16.7. The summed E-state index contributed by atoms with van der Waals surface area (Å²) >= 11 is 0. The van der Waals surface area contributed by atoms with Gasteiger partial charge in [-0.1, -0.05) is 348 Å².